The third kappa shape index (κ3) is 2.62. The maximum absolute atomic E-state index is 2.70. The minimum absolute atomic E-state index is 0.583. The second-order valence-corrected chi connectivity index (χ2v) is 10.7. The van der Waals surface area contributed by atoms with Crippen LogP contribution >= 0.6 is 0 Å². The lowest BCUT2D eigenvalue weighted by Gasteiger charge is -2.59. The summed E-state index contributed by atoms with van der Waals surface area (Å²) in [6.07, 6.45) is 17.4. The second kappa shape index (κ2) is 6.25. The van der Waals surface area contributed by atoms with Crippen LogP contribution in [0.4, 0.5) is 0 Å². The second-order valence-electron chi connectivity index (χ2n) is 10.7. The molecule has 6 atom stereocenters. The third-order valence-electron chi connectivity index (χ3n) is 9.38. The monoisotopic (exact) mass is 348 g/mol. The van der Waals surface area contributed by atoms with Crippen molar-refractivity contribution in [1.29, 1.82) is 0 Å². The third-order valence-corrected chi connectivity index (χ3v) is 9.38. The van der Waals surface area contributed by atoms with E-state index in [1.165, 1.54) is 69.8 Å². The van der Waals surface area contributed by atoms with Crippen LogP contribution in [0.1, 0.15) is 83.6 Å². The average Bonchev–Trinajstić information content (AvgIpc) is 2.98. The molecule has 4 fully saturated rings. The molecule has 0 heteroatoms. The van der Waals surface area contributed by atoms with Gasteiger partial charge in [0.1, 0.15) is 0 Å². The molecule has 0 bridgehead atoms. The summed E-state index contributed by atoms with van der Waals surface area (Å²) in [5.41, 5.74) is 4.40. The topological polar surface area (TPSA) is 0 Å². The van der Waals surface area contributed by atoms with E-state index in [4.69, 9.17) is 0 Å². The van der Waals surface area contributed by atoms with Gasteiger partial charge in [0.15, 0.2) is 0 Å². The Bertz CT molecular complexity index is 685. The van der Waals surface area contributed by atoms with Crippen molar-refractivity contribution in [2.75, 3.05) is 0 Å². The van der Waals surface area contributed by atoms with Crippen LogP contribution in [0, 0.1) is 34.5 Å². The summed E-state index contributed by atoms with van der Waals surface area (Å²) < 4.78 is 0. The van der Waals surface area contributed by atoms with Crippen LogP contribution in [0.15, 0.2) is 35.9 Å². The standard InChI is InChI=1S/C26H36/c1-25-15-13-23-22(12-11-21-10-6-7-14-26(21,23)2)24(25)17-20(18-25)16-19-8-4-3-5-9-19/h3-5,8-9,16,21-24H,6-7,10-15,17-18H2,1-2H3/b20-16+/t21-,22+,23-,24+,25-,26+/m1/s1. The molecular formula is C26H36. The molecular weight excluding hydrogens is 312 g/mol. The zero-order valence-corrected chi connectivity index (χ0v) is 16.8. The smallest absolute Gasteiger partial charge is 0.0254 e. The van der Waals surface area contributed by atoms with Crippen molar-refractivity contribution in [3.63, 3.8) is 0 Å². The molecule has 0 aliphatic heterocycles. The normalized spacial score (nSPS) is 46.5. The molecule has 0 saturated heterocycles. The fourth-order valence-electron chi connectivity index (χ4n) is 8.07. The van der Waals surface area contributed by atoms with Gasteiger partial charge in [-0.3, -0.25) is 0 Å². The summed E-state index contributed by atoms with van der Waals surface area (Å²) >= 11 is 0. The lowest BCUT2D eigenvalue weighted by atomic mass is 9.45. The Hall–Kier alpha value is -1.04. The summed E-state index contributed by atoms with van der Waals surface area (Å²) in [7, 11) is 0. The number of hydrogen-bond acceptors (Lipinski definition) is 0. The molecule has 140 valence electrons. The Kier molecular flexibility index (Phi) is 4.11. The molecule has 4 aliphatic carbocycles. The van der Waals surface area contributed by atoms with Crippen LogP contribution in [-0.2, 0) is 0 Å². The molecule has 0 aromatic heterocycles. The van der Waals surface area contributed by atoms with Gasteiger partial charge < -0.3 is 0 Å². The maximum Gasteiger partial charge on any atom is -0.0254 e. The summed E-state index contributed by atoms with van der Waals surface area (Å²) in [6, 6.07) is 11.0. The molecule has 0 heterocycles. The minimum Gasteiger partial charge on any atom is -0.0688 e. The highest BCUT2D eigenvalue weighted by Gasteiger charge is 2.57. The molecule has 1 aromatic rings. The van der Waals surface area contributed by atoms with Crippen molar-refractivity contribution in [3.8, 4) is 0 Å². The van der Waals surface area contributed by atoms with Gasteiger partial charge >= 0.3 is 0 Å². The molecule has 4 aliphatic rings. The van der Waals surface area contributed by atoms with Gasteiger partial charge in [-0.1, -0.05) is 68.7 Å². The molecule has 0 unspecified atom stereocenters. The maximum atomic E-state index is 2.70. The van der Waals surface area contributed by atoms with Gasteiger partial charge in [0.05, 0.1) is 0 Å². The summed E-state index contributed by atoms with van der Waals surface area (Å²) in [6.45, 7) is 5.33. The van der Waals surface area contributed by atoms with E-state index in [1.54, 1.807) is 5.57 Å². The lowest BCUT2D eigenvalue weighted by Crippen LogP contribution is -2.51. The summed E-state index contributed by atoms with van der Waals surface area (Å²) in [4.78, 5) is 0. The van der Waals surface area contributed by atoms with Crippen LogP contribution < -0.4 is 0 Å². The van der Waals surface area contributed by atoms with E-state index in [-0.39, 0.29) is 0 Å². The minimum atomic E-state index is 0.583. The van der Waals surface area contributed by atoms with E-state index in [0.717, 1.165) is 23.7 Å². The van der Waals surface area contributed by atoms with Gasteiger partial charge in [0, 0.05) is 0 Å². The van der Waals surface area contributed by atoms with Crippen LogP contribution in [0.25, 0.3) is 6.08 Å². The zero-order valence-electron chi connectivity index (χ0n) is 16.8. The average molecular weight is 349 g/mol. The van der Waals surface area contributed by atoms with Gasteiger partial charge in [0.2, 0.25) is 0 Å². The highest BCUT2D eigenvalue weighted by atomic mass is 14.6. The molecule has 0 spiro atoms. The first-order valence-corrected chi connectivity index (χ1v) is 11.3. The first kappa shape index (κ1) is 17.1. The Balaban J connectivity index is 1.42. The van der Waals surface area contributed by atoms with Gasteiger partial charge in [0.25, 0.3) is 0 Å². The van der Waals surface area contributed by atoms with Crippen LogP contribution in [-0.4, -0.2) is 0 Å². The molecule has 4 saturated carbocycles. The van der Waals surface area contributed by atoms with Crippen molar-refractivity contribution in [1.82, 2.24) is 0 Å². The molecule has 5 rings (SSSR count). The van der Waals surface area contributed by atoms with Crippen molar-refractivity contribution in [3.05, 3.63) is 41.5 Å². The van der Waals surface area contributed by atoms with Crippen LogP contribution in [0.5, 0.6) is 0 Å². The number of allylic oxidation sites excluding steroid dienone is 1. The molecule has 0 amide bonds. The van der Waals surface area contributed by atoms with Crippen molar-refractivity contribution >= 4 is 6.08 Å². The van der Waals surface area contributed by atoms with Gasteiger partial charge in [-0.05, 0) is 91.4 Å². The van der Waals surface area contributed by atoms with Gasteiger partial charge in [-0.2, -0.15) is 0 Å². The van der Waals surface area contributed by atoms with Crippen molar-refractivity contribution < 1.29 is 0 Å². The van der Waals surface area contributed by atoms with Crippen molar-refractivity contribution in [2.45, 2.75) is 78.1 Å². The molecule has 26 heavy (non-hydrogen) atoms. The molecule has 0 radical (unpaired) electrons. The van der Waals surface area contributed by atoms with E-state index in [9.17, 15) is 0 Å². The highest BCUT2D eigenvalue weighted by molar-refractivity contribution is 5.54. The van der Waals surface area contributed by atoms with E-state index in [0.29, 0.717) is 10.8 Å². The van der Waals surface area contributed by atoms with Gasteiger partial charge in [-0.15, -0.1) is 0 Å². The first-order valence-electron chi connectivity index (χ1n) is 11.3. The zero-order chi connectivity index (χ0) is 17.8. The number of hydrogen-bond donors (Lipinski definition) is 0. The summed E-state index contributed by atoms with van der Waals surface area (Å²) in [5.74, 6) is 4.03. The fraction of sp³-hybridized carbons (Fsp3) is 0.692. The number of rotatable bonds is 1. The Morgan fingerprint density at radius 3 is 2.58 bits per heavy atom. The first-order chi connectivity index (χ1) is 12.6. The van der Waals surface area contributed by atoms with Crippen molar-refractivity contribution in [2.24, 2.45) is 34.5 Å². The Morgan fingerprint density at radius 1 is 0.885 bits per heavy atom. The number of fused-ring (bicyclic) bond motifs is 5. The largest absolute Gasteiger partial charge is 0.0688 e. The van der Waals surface area contributed by atoms with Gasteiger partial charge in [-0.25, -0.2) is 0 Å². The molecule has 1 aromatic carbocycles. The lowest BCUT2D eigenvalue weighted by molar-refractivity contribution is -0.103. The summed E-state index contributed by atoms with van der Waals surface area (Å²) in [5, 5.41) is 0. The predicted octanol–water partition coefficient (Wildman–Crippen LogP) is 7.50. The predicted molar refractivity (Wildman–Crippen MR) is 111 cm³/mol. The van der Waals surface area contributed by atoms with Crippen LogP contribution in [0.3, 0.4) is 0 Å². The Morgan fingerprint density at radius 2 is 1.73 bits per heavy atom. The van der Waals surface area contributed by atoms with E-state index >= 15 is 0 Å². The SMILES string of the molecule is C[C@]12CC[C@@H]3[C@H](CC[C@H]4CCCC[C@@]43C)[C@@H]1C/C(=C\c1ccccc1)C2. The van der Waals surface area contributed by atoms with E-state index in [1.807, 2.05) is 0 Å². The van der Waals surface area contributed by atoms with E-state index < -0.39 is 0 Å². The molecule has 0 nitrogen and oxygen atoms in total. The van der Waals surface area contributed by atoms with E-state index in [2.05, 4.69) is 50.3 Å². The number of benzene rings is 1. The fourth-order valence-corrected chi connectivity index (χ4v) is 8.07. The Labute approximate surface area is 160 Å². The van der Waals surface area contributed by atoms with Crippen LogP contribution in [0.2, 0.25) is 0 Å². The quantitative estimate of drug-likeness (QED) is 0.493. The molecule has 0 N–H and O–H groups in total. The highest BCUT2D eigenvalue weighted by Crippen LogP contribution is 2.66.